The van der Waals surface area contributed by atoms with Gasteiger partial charge in [0.05, 0.1) is 6.61 Å². The fraction of sp³-hybridized carbons (Fsp3) is 0.250. The fourth-order valence-corrected chi connectivity index (χ4v) is 1.91. The molecule has 0 spiro atoms. The van der Waals surface area contributed by atoms with E-state index in [2.05, 4.69) is 0 Å². The van der Waals surface area contributed by atoms with Gasteiger partial charge in [-0.3, -0.25) is 0 Å². The smallest absolute Gasteiger partial charge is 0.296 e. The van der Waals surface area contributed by atoms with Crippen molar-refractivity contribution in [3.63, 3.8) is 0 Å². The second kappa shape index (κ2) is 6.48. The average Bonchev–Trinajstić information content (AvgIpc) is 2.46. The minimum atomic E-state index is -2.97. The SMILES string of the molecule is Nc1ccccc1CCOCC(F)(F)c1ccccc1. The largest absolute Gasteiger partial charge is 0.399 e. The lowest BCUT2D eigenvalue weighted by molar-refractivity contribution is -0.0820. The topological polar surface area (TPSA) is 35.2 Å². The van der Waals surface area contributed by atoms with E-state index in [-0.39, 0.29) is 12.2 Å². The molecule has 0 aliphatic heterocycles. The van der Waals surface area contributed by atoms with Gasteiger partial charge in [-0.15, -0.1) is 0 Å². The highest BCUT2D eigenvalue weighted by Crippen LogP contribution is 2.27. The van der Waals surface area contributed by atoms with Crippen LogP contribution in [-0.2, 0) is 17.1 Å². The normalized spacial score (nSPS) is 11.5. The molecule has 2 aromatic carbocycles. The van der Waals surface area contributed by atoms with Gasteiger partial charge in [-0.05, 0) is 18.1 Å². The molecular formula is C16H17F2NO. The van der Waals surface area contributed by atoms with Crippen molar-refractivity contribution in [3.05, 3.63) is 65.7 Å². The van der Waals surface area contributed by atoms with Crippen molar-refractivity contribution in [1.29, 1.82) is 0 Å². The number of hydrogen-bond donors (Lipinski definition) is 1. The van der Waals surface area contributed by atoms with Crippen molar-refractivity contribution in [3.8, 4) is 0 Å². The first kappa shape index (κ1) is 14.5. The molecule has 2 rings (SSSR count). The maximum Gasteiger partial charge on any atom is 0.296 e. The first-order valence-electron chi connectivity index (χ1n) is 6.44. The summed E-state index contributed by atoms with van der Waals surface area (Å²) in [5.74, 6) is -2.97. The van der Waals surface area contributed by atoms with Crippen molar-refractivity contribution in [2.24, 2.45) is 0 Å². The van der Waals surface area contributed by atoms with Crippen molar-refractivity contribution < 1.29 is 13.5 Å². The second-order valence-electron chi connectivity index (χ2n) is 4.57. The van der Waals surface area contributed by atoms with Gasteiger partial charge in [-0.2, -0.15) is 8.78 Å². The molecule has 0 amide bonds. The molecule has 2 nitrogen and oxygen atoms in total. The van der Waals surface area contributed by atoms with Crippen molar-refractivity contribution in [2.45, 2.75) is 12.3 Å². The Labute approximate surface area is 117 Å². The third kappa shape index (κ3) is 3.78. The van der Waals surface area contributed by atoms with E-state index >= 15 is 0 Å². The van der Waals surface area contributed by atoms with Gasteiger partial charge in [-0.1, -0.05) is 48.5 Å². The third-order valence-corrected chi connectivity index (χ3v) is 3.05. The molecule has 4 heteroatoms. The van der Waals surface area contributed by atoms with Gasteiger partial charge in [0.15, 0.2) is 0 Å². The van der Waals surface area contributed by atoms with Gasteiger partial charge in [0.2, 0.25) is 0 Å². The first-order chi connectivity index (χ1) is 9.59. The van der Waals surface area contributed by atoms with Crippen molar-refractivity contribution in [1.82, 2.24) is 0 Å². The highest BCUT2D eigenvalue weighted by atomic mass is 19.3. The Balaban J connectivity index is 1.83. The summed E-state index contributed by atoms with van der Waals surface area (Å²) in [5, 5.41) is 0. The monoisotopic (exact) mass is 277 g/mol. The molecule has 0 aliphatic carbocycles. The number of halogens is 2. The van der Waals surface area contributed by atoms with Gasteiger partial charge in [0, 0.05) is 11.3 Å². The van der Waals surface area contributed by atoms with E-state index in [1.54, 1.807) is 24.3 Å². The maximum atomic E-state index is 13.8. The van der Waals surface area contributed by atoms with Gasteiger partial charge in [0.1, 0.15) is 6.61 Å². The zero-order valence-electron chi connectivity index (χ0n) is 11.1. The molecule has 0 radical (unpaired) electrons. The first-order valence-corrected chi connectivity index (χ1v) is 6.44. The fourth-order valence-electron chi connectivity index (χ4n) is 1.91. The van der Waals surface area contributed by atoms with E-state index in [1.165, 1.54) is 12.1 Å². The number of para-hydroxylation sites is 1. The van der Waals surface area contributed by atoms with E-state index in [9.17, 15) is 8.78 Å². The molecule has 0 saturated heterocycles. The Kier molecular flexibility index (Phi) is 4.69. The molecule has 0 atom stereocenters. The van der Waals surface area contributed by atoms with Crippen LogP contribution < -0.4 is 5.73 Å². The molecule has 20 heavy (non-hydrogen) atoms. The van der Waals surface area contributed by atoms with E-state index in [0.29, 0.717) is 12.1 Å². The summed E-state index contributed by atoms with van der Waals surface area (Å²) in [5.41, 5.74) is 7.32. The Morgan fingerprint density at radius 1 is 0.950 bits per heavy atom. The van der Waals surface area contributed by atoms with Gasteiger partial charge < -0.3 is 10.5 Å². The zero-order chi connectivity index (χ0) is 14.4. The van der Waals surface area contributed by atoms with Crippen LogP contribution in [0.2, 0.25) is 0 Å². The number of benzene rings is 2. The predicted octanol–water partition coefficient (Wildman–Crippen LogP) is 3.62. The number of rotatable bonds is 6. The van der Waals surface area contributed by atoms with Crippen molar-refractivity contribution >= 4 is 5.69 Å². The Hall–Kier alpha value is -1.94. The Morgan fingerprint density at radius 3 is 2.30 bits per heavy atom. The summed E-state index contributed by atoms with van der Waals surface area (Å²) in [6.45, 7) is -0.402. The summed E-state index contributed by atoms with van der Waals surface area (Å²) in [4.78, 5) is 0. The van der Waals surface area contributed by atoms with Gasteiger partial charge in [-0.25, -0.2) is 0 Å². The van der Waals surface area contributed by atoms with Crippen LogP contribution in [-0.4, -0.2) is 13.2 Å². The van der Waals surface area contributed by atoms with E-state index < -0.39 is 12.5 Å². The standard InChI is InChI=1S/C16H17F2NO/c17-16(18,14-7-2-1-3-8-14)12-20-11-10-13-6-4-5-9-15(13)19/h1-9H,10-12,19H2. The maximum absolute atomic E-state index is 13.8. The minimum Gasteiger partial charge on any atom is -0.399 e. The number of nitrogen functional groups attached to an aromatic ring is 1. The van der Waals surface area contributed by atoms with Crippen LogP contribution in [0.25, 0.3) is 0 Å². The summed E-state index contributed by atoms with van der Waals surface area (Å²) < 4.78 is 32.7. The van der Waals surface area contributed by atoms with Crippen LogP contribution in [0.1, 0.15) is 11.1 Å². The van der Waals surface area contributed by atoms with Crippen LogP contribution in [0.4, 0.5) is 14.5 Å². The number of hydrogen-bond acceptors (Lipinski definition) is 2. The highest BCUT2D eigenvalue weighted by Gasteiger charge is 2.31. The lowest BCUT2D eigenvalue weighted by atomic mass is 10.1. The molecule has 0 heterocycles. The zero-order valence-corrected chi connectivity index (χ0v) is 11.1. The lowest BCUT2D eigenvalue weighted by Gasteiger charge is -2.17. The number of nitrogens with two attached hydrogens (primary N) is 1. The second-order valence-corrected chi connectivity index (χ2v) is 4.57. The average molecular weight is 277 g/mol. The Bertz CT molecular complexity index is 543. The molecule has 0 fully saturated rings. The van der Waals surface area contributed by atoms with E-state index in [1.807, 2.05) is 18.2 Å². The van der Waals surface area contributed by atoms with Crippen LogP contribution in [0.3, 0.4) is 0 Å². The molecule has 0 aliphatic rings. The van der Waals surface area contributed by atoms with E-state index in [0.717, 1.165) is 5.56 Å². The molecule has 0 bridgehead atoms. The molecule has 106 valence electrons. The third-order valence-electron chi connectivity index (χ3n) is 3.05. The molecular weight excluding hydrogens is 260 g/mol. The molecule has 0 unspecified atom stereocenters. The lowest BCUT2D eigenvalue weighted by Crippen LogP contribution is -2.21. The van der Waals surface area contributed by atoms with Crippen LogP contribution in [0.15, 0.2) is 54.6 Å². The molecule has 2 aromatic rings. The molecule has 0 saturated carbocycles. The Morgan fingerprint density at radius 2 is 1.60 bits per heavy atom. The summed E-state index contributed by atoms with van der Waals surface area (Å²) in [6.07, 6.45) is 0.525. The predicted molar refractivity (Wildman–Crippen MR) is 75.7 cm³/mol. The number of anilines is 1. The minimum absolute atomic E-state index is 0.0285. The van der Waals surface area contributed by atoms with Crippen molar-refractivity contribution in [2.75, 3.05) is 18.9 Å². The van der Waals surface area contributed by atoms with E-state index in [4.69, 9.17) is 10.5 Å². The van der Waals surface area contributed by atoms with Gasteiger partial charge in [0.25, 0.3) is 5.92 Å². The number of alkyl halides is 2. The molecule has 2 N–H and O–H groups in total. The van der Waals surface area contributed by atoms with Gasteiger partial charge >= 0.3 is 0 Å². The summed E-state index contributed by atoms with van der Waals surface area (Å²) >= 11 is 0. The highest BCUT2D eigenvalue weighted by molar-refractivity contribution is 5.46. The summed E-state index contributed by atoms with van der Waals surface area (Å²) in [6, 6.07) is 15.0. The van der Waals surface area contributed by atoms with Crippen LogP contribution in [0, 0.1) is 0 Å². The number of ether oxygens (including phenoxy) is 1. The quantitative estimate of drug-likeness (QED) is 0.646. The van der Waals surface area contributed by atoms with Crippen LogP contribution in [0.5, 0.6) is 0 Å². The summed E-state index contributed by atoms with van der Waals surface area (Å²) in [7, 11) is 0. The van der Waals surface area contributed by atoms with Crippen LogP contribution >= 0.6 is 0 Å². The molecule has 0 aromatic heterocycles.